The first-order chi connectivity index (χ1) is 13.1. The molecule has 27 heavy (non-hydrogen) atoms. The molecular weight excluding hydrogens is 352 g/mol. The molecule has 1 fully saturated rings. The minimum Gasteiger partial charge on any atom is -0.493 e. The number of benzene rings is 1. The van der Waals surface area contributed by atoms with Gasteiger partial charge in [0.05, 0.1) is 33.2 Å². The fourth-order valence-electron chi connectivity index (χ4n) is 3.27. The number of aromatic amines is 1. The van der Waals surface area contributed by atoms with Crippen molar-refractivity contribution in [1.29, 1.82) is 0 Å². The van der Waals surface area contributed by atoms with Crippen molar-refractivity contribution in [2.24, 2.45) is 5.16 Å². The third-order valence-electron chi connectivity index (χ3n) is 4.53. The summed E-state index contributed by atoms with van der Waals surface area (Å²) in [5.41, 5.74) is 2.83. The van der Waals surface area contributed by atoms with E-state index in [4.69, 9.17) is 19.0 Å². The van der Waals surface area contributed by atoms with Crippen molar-refractivity contribution in [3.8, 4) is 28.4 Å². The van der Waals surface area contributed by atoms with Gasteiger partial charge in [-0.05, 0) is 36.5 Å². The van der Waals surface area contributed by atoms with Crippen molar-refractivity contribution in [2.45, 2.75) is 18.8 Å². The van der Waals surface area contributed by atoms with E-state index in [1.807, 2.05) is 6.07 Å². The summed E-state index contributed by atoms with van der Waals surface area (Å²) in [6.45, 7) is 0. The Morgan fingerprint density at radius 2 is 1.85 bits per heavy atom. The van der Waals surface area contributed by atoms with Crippen molar-refractivity contribution in [3.63, 3.8) is 0 Å². The number of hydrogen-bond donors (Lipinski definition) is 2. The van der Waals surface area contributed by atoms with Crippen LogP contribution in [0.4, 0.5) is 0 Å². The lowest BCUT2D eigenvalue weighted by Crippen LogP contribution is -2.01. The van der Waals surface area contributed by atoms with Gasteiger partial charge in [-0.2, -0.15) is 0 Å². The quantitative estimate of drug-likeness (QED) is 0.543. The number of oxime groups is 1. The van der Waals surface area contributed by atoms with Crippen molar-refractivity contribution in [3.05, 3.63) is 29.1 Å². The number of carbonyl (C=O) groups is 1. The highest BCUT2D eigenvalue weighted by Crippen LogP contribution is 2.51. The van der Waals surface area contributed by atoms with Crippen LogP contribution in [0.1, 0.15) is 40.5 Å². The SMILES string of the molecule is CON=Cc1[nH]c(C(=O)O)c(C2CC2)c1-c1ccc(OC)c(OC)c1OC. The maximum Gasteiger partial charge on any atom is 0.352 e. The number of aromatic carboxylic acids is 1. The van der Waals surface area contributed by atoms with Gasteiger partial charge in [-0.25, -0.2) is 4.79 Å². The highest BCUT2D eigenvalue weighted by molar-refractivity contribution is 6.00. The molecule has 1 aromatic heterocycles. The lowest BCUT2D eigenvalue weighted by molar-refractivity contribution is 0.0690. The first-order valence-corrected chi connectivity index (χ1v) is 8.42. The maximum absolute atomic E-state index is 11.8. The summed E-state index contributed by atoms with van der Waals surface area (Å²) in [5, 5.41) is 13.5. The Morgan fingerprint density at radius 3 is 2.37 bits per heavy atom. The molecule has 1 heterocycles. The number of carboxylic acid groups (broad SMARTS) is 1. The molecule has 2 N–H and O–H groups in total. The van der Waals surface area contributed by atoms with Gasteiger partial charge < -0.3 is 29.1 Å². The molecule has 144 valence electrons. The number of ether oxygens (including phenoxy) is 3. The fraction of sp³-hybridized carbons (Fsp3) is 0.368. The van der Waals surface area contributed by atoms with Crippen LogP contribution in [0.3, 0.4) is 0 Å². The predicted molar refractivity (Wildman–Crippen MR) is 99.4 cm³/mol. The molecule has 0 bridgehead atoms. The van der Waals surface area contributed by atoms with E-state index in [0.29, 0.717) is 34.1 Å². The third-order valence-corrected chi connectivity index (χ3v) is 4.53. The largest absolute Gasteiger partial charge is 0.493 e. The Labute approximate surface area is 156 Å². The second-order valence-corrected chi connectivity index (χ2v) is 6.08. The zero-order valence-corrected chi connectivity index (χ0v) is 15.7. The molecule has 1 saturated carbocycles. The van der Waals surface area contributed by atoms with E-state index in [9.17, 15) is 9.90 Å². The average molecular weight is 374 g/mol. The highest BCUT2D eigenvalue weighted by Gasteiger charge is 2.35. The second-order valence-electron chi connectivity index (χ2n) is 6.08. The monoisotopic (exact) mass is 374 g/mol. The van der Waals surface area contributed by atoms with E-state index in [1.165, 1.54) is 27.5 Å². The van der Waals surface area contributed by atoms with E-state index < -0.39 is 5.97 Å². The molecule has 1 aliphatic rings. The van der Waals surface area contributed by atoms with Gasteiger partial charge >= 0.3 is 5.97 Å². The molecule has 1 aromatic carbocycles. The van der Waals surface area contributed by atoms with Crippen LogP contribution in [0.25, 0.3) is 11.1 Å². The van der Waals surface area contributed by atoms with Gasteiger partial charge in [0.1, 0.15) is 12.8 Å². The van der Waals surface area contributed by atoms with Crippen LogP contribution in [0.2, 0.25) is 0 Å². The Kier molecular flexibility index (Phi) is 5.25. The maximum atomic E-state index is 11.8. The van der Waals surface area contributed by atoms with Gasteiger partial charge in [0.2, 0.25) is 5.75 Å². The molecule has 8 nitrogen and oxygen atoms in total. The van der Waals surface area contributed by atoms with Crippen molar-refractivity contribution in [2.75, 3.05) is 28.4 Å². The van der Waals surface area contributed by atoms with Crippen molar-refractivity contribution >= 4 is 12.2 Å². The number of nitrogens with zero attached hydrogens (tertiary/aromatic N) is 1. The molecule has 0 spiro atoms. The molecule has 0 saturated heterocycles. The normalized spacial score (nSPS) is 13.6. The van der Waals surface area contributed by atoms with Crippen LogP contribution >= 0.6 is 0 Å². The number of H-pyrrole nitrogens is 1. The molecule has 0 atom stereocenters. The second kappa shape index (κ2) is 7.61. The first kappa shape index (κ1) is 18.6. The van der Waals surface area contributed by atoms with Gasteiger partial charge in [0.15, 0.2) is 11.5 Å². The Balaban J connectivity index is 2.33. The zero-order chi connectivity index (χ0) is 19.6. The van der Waals surface area contributed by atoms with E-state index >= 15 is 0 Å². The summed E-state index contributed by atoms with van der Waals surface area (Å²) in [6.07, 6.45) is 3.33. The van der Waals surface area contributed by atoms with Gasteiger partial charge in [-0.1, -0.05) is 5.16 Å². The summed E-state index contributed by atoms with van der Waals surface area (Å²) in [7, 11) is 6.03. The topological polar surface area (TPSA) is 102 Å². The first-order valence-electron chi connectivity index (χ1n) is 8.42. The van der Waals surface area contributed by atoms with E-state index in [2.05, 4.69) is 10.1 Å². The fourth-order valence-corrected chi connectivity index (χ4v) is 3.27. The third kappa shape index (κ3) is 3.30. The molecule has 3 rings (SSSR count). The standard InChI is InChI=1S/C19H22N2O6/c1-24-13-8-7-11(17(25-2)18(13)26-3)15-12(9-20-27-4)21-16(19(22)23)14(15)10-5-6-10/h7-10,21H,5-6H2,1-4H3,(H,22,23). The minimum absolute atomic E-state index is 0.155. The molecular formula is C19H22N2O6. The zero-order valence-electron chi connectivity index (χ0n) is 15.7. The number of carboxylic acids is 1. The summed E-state index contributed by atoms with van der Waals surface area (Å²) in [6, 6.07) is 3.59. The Hall–Kier alpha value is -3.16. The lowest BCUT2D eigenvalue weighted by Gasteiger charge is -2.17. The Bertz CT molecular complexity index is 883. The van der Waals surface area contributed by atoms with Crippen LogP contribution < -0.4 is 14.2 Å². The summed E-state index contributed by atoms with van der Waals surface area (Å²) >= 11 is 0. The lowest BCUT2D eigenvalue weighted by atomic mass is 9.95. The predicted octanol–water partition coefficient (Wildman–Crippen LogP) is 3.26. The van der Waals surface area contributed by atoms with E-state index in [-0.39, 0.29) is 11.6 Å². The van der Waals surface area contributed by atoms with E-state index in [0.717, 1.165) is 18.4 Å². The summed E-state index contributed by atoms with van der Waals surface area (Å²) < 4.78 is 16.4. The molecule has 0 aliphatic heterocycles. The Morgan fingerprint density at radius 1 is 1.15 bits per heavy atom. The number of methoxy groups -OCH3 is 3. The van der Waals surface area contributed by atoms with Gasteiger partial charge in [0.25, 0.3) is 0 Å². The van der Waals surface area contributed by atoms with Gasteiger partial charge in [-0.3, -0.25) is 0 Å². The molecule has 0 amide bonds. The van der Waals surface area contributed by atoms with Crippen LogP contribution in [-0.2, 0) is 4.84 Å². The summed E-state index contributed by atoms with van der Waals surface area (Å²) in [4.78, 5) is 19.6. The molecule has 2 aromatic rings. The number of hydrogen-bond acceptors (Lipinski definition) is 6. The number of nitrogens with one attached hydrogen (secondary N) is 1. The van der Waals surface area contributed by atoms with Gasteiger partial charge in [0, 0.05) is 11.1 Å². The highest BCUT2D eigenvalue weighted by atomic mass is 16.6. The van der Waals surface area contributed by atoms with Crippen molar-refractivity contribution in [1.82, 2.24) is 4.98 Å². The minimum atomic E-state index is -1.02. The molecule has 1 aliphatic carbocycles. The van der Waals surface area contributed by atoms with Gasteiger partial charge in [-0.15, -0.1) is 0 Å². The molecule has 0 radical (unpaired) electrons. The molecule has 0 unspecified atom stereocenters. The molecule has 8 heteroatoms. The van der Waals surface area contributed by atoms with Crippen LogP contribution in [-0.4, -0.2) is 50.7 Å². The summed E-state index contributed by atoms with van der Waals surface area (Å²) in [5.74, 6) is 0.570. The number of aromatic nitrogens is 1. The van der Waals surface area contributed by atoms with Crippen LogP contribution in [0, 0.1) is 0 Å². The van der Waals surface area contributed by atoms with E-state index in [1.54, 1.807) is 13.2 Å². The average Bonchev–Trinajstić information content (AvgIpc) is 3.44. The smallest absolute Gasteiger partial charge is 0.352 e. The van der Waals surface area contributed by atoms with Crippen LogP contribution in [0.15, 0.2) is 17.3 Å². The number of rotatable bonds is 8. The van der Waals surface area contributed by atoms with Crippen LogP contribution in [0.5, 0.6) is 17.2 Å². The van der Waals surface area contributed by atoms with Crippen molar-refractivity contribution < 1.29 is 28.9 Å².